The lowest BCUT2D eigenvalue weighted by Gasteiger charge is -2.11. The number of aryl methyl sites for hydroxylation is 2. The van der Waals surface area contributed by atoms with Crippen LogP contribution < -0.4 is 10.5 Å². The van der Waals surface area contributed by atoms with Crippen LogP contribution in [0.1, 0.15) is 12.0 Å². The fourth-order valence-corrected chi connectivity index (χ4v) is 3.43. The third-order valence-corrected chi connectivity index (χ3v) is 4.63. The van der Waals surface area contributed by atoms with Gasteiger partial charge in [-0.05, 0) is 25.0 Å². The van der Waals surface area contributed by atoms with Gasteiger partial charge in [-0.2, -0.15) is 0 Å². The topological polar surface area (TPSA) is 90.0 Å². The lowest BCUT2D eigenvalue weighted by molar-refractivity contribution is 0.569. The van der Waals surface area contributed by atoms with Crippen LogP contribution in [0.5, 0.6) is 0 Å². The molecule has 1 heterocycles. The van der Waals surface area contributed by atoms with Crippen LogP contribution in [0.2, 0.25) is 0 Å². The number of nitrogen functional groups attached to an aromatic ring is 1. The maximum absolute atomic E-state index is 12.2. The molecule has 1 aromatic heterocycles. The Morgan fingerprint density at radius 3 is 2.85 bits per heavy atom. The van der Waals surface area contributed by atoms with Crippen molar-refractivity contribution in [3.63, 3.8) is 0 Å². The van der Waals surface area contributed by atoms with Crippen molar-refractivity contribution < 1.29 is 8.42 Å². The van der Waals surface area contributed by atoms with Crippen LogP contribution in [-0.2, 0) is 16.6 Å². The number of nitrogens with one attached hydrogen (secondary N) is 1. The van der Waals surface area contributed by atoms with Crippen LogP contribution in [-0.4, -0.2) is 24.5 Å². The number of hydrogen-bond acceptors (Lipinski definition) is 4. The van der Waals surface area contributed by atoms with Crippen LogP contribution in [0.3, 0.4) is 0 Å². The molecular weight excluding hydrogens is 276 g/mol. The molecule has 0 saturated carbocycles. The molecule has 0 unspecified atom stereocenters. The zero-order valence-corrected chi connectivity index (χ0v) is 12.1. The minimum Gasteiger partial charge on any atom is -0.398 e. The second-order valence-electron chi connectivity index (χ2n) is 4.55. The van der Waals surface area contributed by atoms with E-state index >= 15 is 0 Å². The molecule has 108 valence electrons. The number of aromatic nitrogens is 2. The predicted octanol–water partition coefficient (Wildman–Crippen LogP) is 1.14. The zero-order valence-electron chi connectivity index (χ0n) is 11.3. The molecular formula is C13H18N4O2S. The summed E-state index contributed by atoms with van der Waals surface area (Å²) in [6, 6.07) is 5.06. The molecule has 0 bridgehead atoms. The highest BCUT2D eigenvalue weighted by Crippen LogP contribution is 2.21. The minimum absolute atomic E-state index is 0.169. The van der Waals surface area contributed by atoms with Crippen molar-refractivity contribution in [3.8, 4) is 0 Å². The summed E-state index contributed by atoms with van der Waals surface area (Å²) in [5, 5.41) is 0. The molecule has 2 aromatic rings. The van der Waals surface area contributed by atoms with E-state index in [9.17, 15) is 8.42 Å². The van der Waals surface area contributed by atoms with E-state index in [1.807, 2.05) is 10.8 Å². The smallest absolute Gasteiger partial charge is 0.242 e. The molecule has 0 spiro atoms. The van der Waals surface area contributed by atoms with E-state index in [1.165, 1.54) is 0 Å². The van der Waals surface area contributed by atoms with Crippen molar-refractivity contribution in [1.29, 1.82) is 0 Å². The molecule has 0 aliphatic rings. The van der Waals surface area contributed by atoms with E-state index in [1.54, 1.807) is 37.6 Å². The predicted molar refractivity (Wildman–Crippen MR) is 77.6 cm³/mol. The molecule has 3 N–H and O–H groups in total. The highest BCUT2D eigenvalue weighted by atomic mass is 32.2. The Kier molecular flexibility index (Phi) is 4.41. The highest BCUT2D eigenvalue weighted by Gasteiger charge is 2.18. The Balaban J connectivity index is 1.97. The first-order valence-corrected chi connectivity index (χ1v) is 7.79. The Morgan fingerprint density at radius 1 is 1.40 bits per heavy atom. The molecule has 6 nitrogen and oxygen atoms in total. The van der Waals surface area contributed by atoms with Gasteiger partial charge in [0.15, 0.2) is 0 Å². The first-order valence-electron chi connectivity index (χ1n) is 6.31. The first-order chi connectivity index (χ1) is 9.50. The van der Waals surface area contributed by atoms with Gasteiger partial charge in [0.25, 0.3) is 0 Å². The van der Waals surface area contributed by atoms with E-state index in [4.69, 9.17) is 5.73 Å². The van der Waals surface area contributed by atoms with E-state index in [2.05, 4.69) is 9.71 Å². The van der Waals surface area contributed by atoms with Crippen molar-refractivity contribution in [2.75, 3.05) is 12.3 Å². The summed E-state index contributed by atoms with van der Waals surface area (Å²) in [4.78, 5) is 4.10. The average Bonchev–Trinajstić information content (AvgIpc) is 2.87. The molecule has 0 saturated heterocycles. The van der Waals surface area contributed by atoms with Gasteiger partial charge in [0.1, 0.15) is 4.90 Å². The molecule has 20 heavy (non-hydrogen) atoms. The average molecular weight is 294 g/mol. The highest BCUT2D eigenvalue weighted by molar-refractivity contribution is 7.89. The Morgan fingerprint density at radius 2 is 2.20 bits per heavy atom. The lowest BCUT2D eigenvalue weighted by Crippen LogP contribution is -2.27. The number of anilines is 1. The van der Waals surface area contributed by atoms with E-state index in [0.717, 1.165) is 0 Å². The van der Waals surface area contributed by atoms with Crippen LogP contribution in [0, 0.1) is 6.92 Å². The zero-order chi connectivity index (χ0) is 14.6. The quantitative estimate of drug-likeness (QED) is 0.617. The summed E-state index contributed by atoms with van der Waals surface area (Å²) in [6.07, 6.45) is 5.92. The van der Waals surface area contributed by atoms with Crippen LogP contribution in [0.25, 0.3) is 0 Å². The van der Waals surface area contributed by atoms with Gasteiger partial charge in [-0.3, -0.25) is 0 Å². The maximum Gasteiger partial charge on any atom is 0.242 e. The number of sulfonamides is 1. The van der Waals surface area contributed by atoms with Crippen LogP contribution in [0.4, 0.5) is 5.69 Å². The summed E-state index contributed by atoms with van der Waals surface area (Å²) in [5.74, 6) is 0. The largest absolute Gasteiger partial charge is 0.398 e. The summed E-state index contributed by atoms with van der Waals surface area (Å²) in [5.41, 5.74) is 6.67. The Hall–Kier alpha value is -1.86. The third kappa shape index (κ3) is 3.37. The van der Waals surface area contributed by atoms with E-state index in [-0.39, 0.29) is 10.6 Å². The molecule has 1 aromatic carbocycles. The summed E-state index contributed by atoms with van der Waals surface area (Å²) < 4.78 is 28.9. The second kappa shape index (κ2) is 6.06. The Labute approximate surface area is 118 Å². The van der Waals surface area contributed by atoms with Crippen LogP contribution in [0.15, 0.2) is 41.8 Å². The number of nitrogens with two attached hydrogens (primary N) is 1. The second-order valence-corrected chi connectivity index (χ2v) is 6.25. The van der Waals surface area contributed by atoms with Gasteiger partial charge in [0, 0.05) is 25.5 Å². The van der Waals surface area contributed by atoms with Crippen molar-refractivity contribution in [2.45, 2.75) is 24.8 Å². The summed E-state index contributed by atoms with van der Waals surface area (Å²) in [7, 11) is -3.56. The van der Waals surface area contributed by atoms with Crippen molar-refractivity contribution in [3.05, 3.63) is 42.5 Å². The number of benzene rings is 1. The van der Waals surface area contributed by atoms with Gasteiger partial charge in [-0.1, -0.05) is 12.1 Å². The van der Waals surface area contributed by atoms with Gasteiger partial charge in [0.2, 0.25) is 10.0 Å². The van der Waals surface area contributed by atoms with Crippen molar-refractivity contribution >= 4 is 15.7 Å². The maximum atomic E-state index is 12.2. The van der Waals surface area contributed by atoms with Crippen molar-refractivity contribution in [2.24, 2.45) is 0 Å². The summed E-state index contributed by atoms with van der Waals surface area (Å²) >= 11 is 0. The van der Waals surface area contributed by atoms with E-state index < -0.39 is 10.0 Å². The molecule has 0 radical (unpaired) electrons. The molecule has 2 rings (SSSR count). The molecule has 0 aliphatic heterocycles. The normalized spacial score (nSPS) is 11.7. The van der Waals surface area contributed by atoms with Gasteiger partial charge < -0.3 is 10.3 Å². The number of nitrogens with zero attached hydrogens (tertiary/aromatic N) is 2. The number of imidazole rings is 1. The molecule has 0 atom stereocenters. The summed E-state index contributed by atoms with van der Waals surface area (Å²) in [6.45, 7) is 2.80. The van der Waals surface area contributed by atoms with Gasteiger partial charge in [-0.25, -0.2) is 18.1 Å². The Bertz CT molecular complexity index is 645. The van der Waals surface area contributed by atoms with Gasteiger partial charge >= 0.3 is 0 Å². The molecule has 0 fully saturated rings. The van der Waals surface area contributed by atoms with Gasteiger partial charge in [0.05, 0.1) is 12.0 Å². The standard InChI is InChI=1S/C13H18N4O2S/c1-11-4-2-5-12(14)13(11)20(18,19)16-6-3-8-17-9-7-15-10-17/h2,4-5,7,9-10,16H,3,6,8,14H2,1H3. The minimum atomic E-state index is -3.56. The molecule has 0 aliphatic carbocycles. The van der Waals surface area contributed by atoms with Gasteiger partial charge in [-0.15, -0.1) is 0 Å². The fraction of sp³-hybridized carbons (Fsp3) is 0.308. The fourth-order valence-electron chi connectivity index (χ4n) is 2.00. The van der Waals surface area contributed by atoms with Crippen LogP contribution >= 0.6 is 0 Å². The molecule has 7 heteroatoms. The third-order valence-electron chi connectivity index (χ3n) is 2.96. The number of rotatable bonds is 6. The SMILES string of the molecule is Cc1cccc(N)c1S(=O)(=O)NCCCn1ccnc1. The van der Waals surface area contributed by atoms with Crippen molar-refractivity contribution in [1.82, 2.24) is 14.3 Å². The molecule has 0 amide bonds. The van der Waals surface area contributed by atoms with E-state index in [0.29, 0.717) is 25.1 Å². The lowest BCUT2D eigenvalue weighted by atomic mass is 10.2. The number of hydrogen-bond donors (Lipinski definition) is 2. The monoisotopic (exact) mass is 294 g/mol. The first kappa shape index (κ1) is 14.5.